The molecular weight excluding hydrogens is 356 g/mol. The van der Waals surface area contributed by atoms with Crippen molar-refractivity contribution in [2.45, 2.75) is 109 Å². The Bertz CT molecular complexity index is 237. The van der Waals surface area contributed by atoms with Gasteiger partial charge in [-0.25, -0.2) is 0 Å². The maximum atomic E-state index is 3.80. The van der Waals surface area contributed by atoms with E-state index in [1.165, 1.54) is 114 Å². The van der Waals surface area contributed by atoms with Gasteiger partial charge in [-0.15, -0.1) is 13.2 Å². The van der Waals surface area contributed by atoms with Crippen LogP contribution < -0.4 is 0 Å². The van der Waals surface area contributed by atoms with E-state index in [9.17, 15) is 0 Å². The maximum Gasteiger partial charge on any atom is 0.00313 e. The van der Waals surface area contributed by atoms with Crippen molar-refractivity contribution >= 4 is 15.9 Å². The molecule has 0 spiro atoms. The zero-order valence-corrected chi connectivity index (χ0v) is 17.8. The summed E-state index contributed by atoms with van der Waals surface area (Å²) in [6.07, 6.45) is 27.7. The van der Waals surface area contributed by atoms with Gasteiger partial charge >= 0.3 is 0 Å². The smallest absolute Gasteiger partial charge is 0.00313 e. The summed E-state index contributed by atoms with van der Waals surface area (Å²) in [6.45, 7) is 7.60. The van der Waals surface area contributed by atoms with Gasteiger partial charge in [-0.05, 0) is 38.0 Å². The highest BCUT2D eigenvalue weighted by atomic mass is 79.9. The van der Waals surface area contributed by atoms with Gasteiger partial charge in [-0.2, -0.15) is 0 Å². The van der Waals surface area contributed by atoms with E-state index in [2.05, 4.69) is 41.2 Å². The van der Waals surface area contributed by atoms with E-state index in [0.717, 1.165) is 5.92 Å². The lowest BCUT2D eigenvalue weighted by Gasteiger charge is -2.16. The summed E-state index contributed by atoms with van der Waals surface area (Å²) >= 11 is 3.57. The molecule has 0 heterocycles. The third-order valence-electron chi connectivity index (χ3n) is 5.04. The quantitative estimate of drug-likeness (QED) is 0.109. The molecule has 0 unspecified atom stereocenters. The summed E-state index contributed by atoms with van der Waals surface area (Å²) in [5, 5.41) is 1.17. The van der Waals surface area contributed by atoms with Gasteiger partial charge in [0.2, 0.25) is 0 Å². The van der Waals surface area contributed by atoms with E-state index in [1.54, 1.807) is 0 Å². The molecule has 24 heavy (non-hydrogen) atoms. The summed E-state index contributed by atoms with van der Waals surface area (Å²) in [5.41, 5.74) is 0. The van der Waals surface area contributed by atoms with Crippen LogP contribution in [0.2, 0.25) is 0 Å². The highest BCUT2D eigenvalue weighted by Gasteiger charge is 2.08. The van der Waals surface area contributed by atoms with Crippen molar-refractivity contribution in [1.29, 1.82) is 0 Å². The second kappa shape index (κ2) is 21.0. The van der Waals surface area contributed by atoms with Crippen molar-refractivity contribution in [3.05, 3.63) is 25.3 Å². The monoisotopic (exact) mass is 398 g/mol. The van der Waals surface area contributed by atoms with Crippen LogP contribution in [-0.4, -0.2) is 5.33 Å². The second-order valence-electron chi connectivity index (χ2n) is 7.32. The number of allylic oxidation sites excluding steroid dienone is 2. The van der Waals surface area contributed by atoms with Gasteiger partial charge in [0, 0.05) is 5.33 Å². The molecule has 0 saturated heterocycles. The lowest BCUT2D eigenvalue weighted by atomic mass is 9.90. The van der Waals surface area contributed by atoms with Crippen LogP contribution in [0.1, 0.15) is 109 Å². The summed E-state index contributed by atoms with van der Waals surface area (Å²) in [7, 11) is 0. The summed E-state index contributed by atoms with van der Waals surface area (Å²) in [5.74, 6) is 0.991. The van der Waals surface area contributed by atoms with Gasteiger partial charge in [-0.3, -0.25) is 0 Å². The Balaban J connectivity index is 3.67. The second-order valence-corrected chi connectivity index (χ2v) is 8.11. The number of alkyl halides is 1. The molecule has 0 atom stereocenters. The zero-order valence-electron chi connectivity index (χ0n) is 16.3. The van der Waals surface area contributed by atoms with Gasteiger partial charge in [0.25, 0.3) is 0 Å². The van der Waals surface area contributed by atoms with Gasteiger partial charge in [0.1, 0.15) is 0 Å². The van der Waals surface area contributed by atoms with E-state index < -0.39 is 0 Å². The Morgan fingerprint density at radius 3 is 1.33 bits per heavy atom. The molecule has 0 radical (unpaired) electrons. The first kappa shape index (κ1) is 24.0. The third kappa shape index (κ3) is 18.3. The van der Waals surface area contributed by atoms with Gasteiger partial charge < -0.3 is 0 Å². The van der Waals surface area contributed by atoms with Crippen LogP contribution in [0.5, 0.6) is 0 Å². The molecule has 0 N–H and O–H groups in total. The fourth-order valence-electron chi connectivity index (χ4n) is 3.46. The average Bonchev–Trinajstić information content (AvgIpc) is 2.59. The van der Waals surface area contributed by atoms with E-state index in [0.29, 0.717) is 0 Å². The topological polar surface area (TPSA) is 0 Å². The van der Waals surface area contributed by atoms with Gasteiger partial charge in [0.15, 0.2) is 0 Å². The van der Waals surface area contributed by atoms with Gasteiger partial charge in [-0.1, -0.05) is 105 Å². The molecule has 0 aromatic heterocycles. The van der Waals surface area contributed by atoms with Crippen molar-refractivity contribution in [3.8, 4) is 0 Å². The highest BCUT2D eigenvalue weighted by Crippen LogP contribution is 2.24. The minimum atomic E-state index is 0.991. The lowest BCUT2D eigenvalue weighted by molar-refractivity contribution is 0.371. The predicted molar refractivity (Wildman–Crippen MR) is 116 cm³/mol. The molecule has 0 fully saturated rings. The van der Waals surface area contributed by atoms with E-state index >= 15 is 0 Å². The first-order chi connectivity index (χ1) is 11.8. The van der Waals surface area contributed by atoms with Crippen molar-refractivity contribution in [1.82, 2.24) is 0 Å². The summed E-state index contributed by atoms with van der Waals surface area (Å²) in [4.78, 5) is 0. The fraction of sp³-hybridized carbons (Fsp3) is 0.826. The van der Waals surface area contributed by atoms with Crippen LogP contribution in [0.15, 0.2) is 25.3 Å². The highest BCUT2D eigenvalue weighted by molar-refractivity contribution is 9.09. The molecule has 0 aromatic carbocycles. The Labute approximate surface area is 161 Å². The van der Waals surface area contributed by atoms with E-state index in [1.807, 2.05) is 0 Å². The average molecular weight is 400 g/mol. The van der Waals surface area contributed by atoms with Crippen molar-refractivity contribution < 1.29 is 0 Å². The van der Waals surface area contributed by atoms with Crippen molar-refractivity contribution in [2.24, 2.45) is 5.92 Å². The predicted octanol–water partition coefficient (Wildman–Crippen LogP) is 9.00. The molecule has 142 valence electrons. The van der Waals surface area contributed by atoms with Crippen molar-refractivity contribution in [2.75, 3.05) is 5.33 Å². The minimum absolute atomic E-state index is 0.991. The van der Waals surface area contributed by atoms with Crippen LogP contribution in [-0.2, 0) is 0 Å². The fourth-order valence-corrected chi connectivity index (χ4v) is 3.86. The van der Waals surface area contributed by atoms with E-state index in [4.69, 9.17) is 0 Å². The van der Waals surface area contributed by atoms with Gasteiger partial charge in [0.05, 0.1) is 0 Å². The zero-order chi connectivity index (χ0) is 17.7. The first-order valence-corrected chi connectivity index (χ1v) is 11.7. The van der Waals surface area contributed by atoms with Crippen LogP contribution in [0.3, 0.4) is 0 Å². The molecule has 0 saturated carbocycles. The minimum Gasteiger partial charge on any atom is -0.103 e. The Morgan fingerprint density at radius 1 is 0.542 bits per heavy atom. The molecule has 0 amide bonds. The molecule has 0 nitrogen and oxygen atoms in total. The number of unbranched alkanes of at least 4 members (excludes halogenated alkanes) is 11. The maximum absolute atomic E-state index is 3.80. The Morgan fingerprint density at radius 2 is 0.917 bits per heavy atom. The number of hydrogen-bond donors (Lipinski definition) is 0. The third-order valence-corrected chi connectivity index (χ3v) is 5.60. The SMILES string of the molecule is C=CCCCCCCCC(CCCCBr)CCCCCCCC=C. The molecule has 0 aliphatic rings. The Kier molecular flexibility index (Phi) is 21.0. The molecule has 0 aliphatic carbocycles. The molecule has 0 aromatic rings. The Hall–Kier alpha value is -0.0400. The molecule has 1 heteroatoms. The van der Waals surface area contributed by atoms with Crippen LogP contribution >= 0.6 is 15.9 Å². The lowest BCUT2D eigenvalue weighted by Crippen LogP contribution is -2.01. The summed E-state index contributed by atoms with van der Waals surface area (Å²) in [6, 6.07) is 0. The number of rotatable bonds is 20. The van der Waals surface area contributed by atoms with E-state index in [-0.39, 0.29) is 0 Å². The van der Waals surface area contributed by atoms with Crippen molar-refractivity contribution in [3.63, 3.8) is 0 Å². The summed E-state index contributed by atoms with van der Waals surface area (Å²) < 4.78 is 0. The van der Waals surface area contributed by atoms with Crippen LogP contribution in [0.4, 0.5) is 0 Å². The number of hydrogen-bond acceptors (Lipinski definition) is 0. The largest absolute Gasteiger partial charge is 0.103 e. The molecule has 0 bridgehead atoms. The molecule has 0 aliphatic heterocycles. The molecule has 0 rings (SSSR count). The normalized spacial score (nSPS) is 11.1. The number of halogens is 1. The standard InChI is InChI=1S/C23H43Br/c1-3-5-7-9-11-13-15-19-23(21-17-18-22-24)20-16-14-12-10-8-6-4-2/h3-4,23H,1-2,5-22H2. The first-order valence-electron chi connectivity index (χ1n) is 10.6. The van der Waals surface area contributed by atoms with Crippen LogP contribution in [0.25, 0.3) is 0 Å². The van der Waals surface area contributed by atoms with Crippen LogP contribution in [0, 0.1) is 5.92 Å². The molecular formula is C23H43Br.